The molecule has 8 heteroatoms. The first-order valence-corrected chi connectivity index (χ1v) is 12.5. The van der Waals surface area contributed by atoms with Crippen LogP contribution in [0.25, 0.3) is 10.4 Å². The van der Waals surface area contributed by atoms with Gasteiger partial charge in [0.1, 0.15) is 5.60 Å². The van der Waals surface area contributed by atoms with Crippen molar-refractivity contribution >= 4 is 29.0 Å². The van der Waals surface area contributed by atoms with E-state index in [-0.39, 0.29) is 11.9 Å². The van der Waals surface area contributed by atoms with Gasteiger partial charge in [-0.2, -0.15) is 0 Å². The summed E-state index contributed by atoms with van der Waals surface area (Å²) in [6.45, 7) is 12.7. The van der Waals surface area contributed by atoms with E-state index >= 15 is 0 Å². The molecule has 2 aliphatic rings. The predicted octanol–water partition coefficient (Wildman–Crippen LogP) is 3.87. The lowest BCUT2D eigenvalue weighted by Crippen LogP contribution is -2.43. The molecule has 4 rings (SSSR count). The van der Waals surface area contributed by atoms with E-state index in [1.807, 2.05) is 32.6 Å². The van der Waals surface area contributed by atoms with Gasteiger partial charge in [0, 0.05) is 49.8 Å². The van der Waals surface area contributed by atoms with E-state index in [9.17, 15) is 9.59 Å². The van der Waals surface area contributed by atoms with Crippen LogP contribution in [-0.2, 0) is 4.74 Å². The second-order valence-corrected chi connectivity index (χ2v) is 10.8. The largest absolute Gasteiger partial charge is 0.444 e. The maximum atomic E-state index is 13.2. The van der Waals surface area contributed by atoms with Gasteiger partial charge in [0.25, 0.3) is 5.91 Å². The lowest BCUT2D eigenvalue weighted by molar-refractivity contribution is 0.0502. The number of ether oxygens (including phenoxy) is 1. The number of carbonyl (C=O) groups excluding carboxylic acids is 2. The number of anilines is 1. The molecule has 2 fully saturated rings. The summed E-state index contributed by atoms with van der Waals surface area (Å²) < 4.78 is 5.34. The van der Waals surface area contributed by atoms with Crippen LogP contribution in [0, 0.1) is 6.92 Å². The maximum absolute atomic E-state index is 13.2. The third-order valence-corrected chi connectivity index (χ3v) is 7.22. The normalized spacial score (nSPS) is 19.0. The molecule has 2 aromatic rings. The van der Waals surface area contributed by atoms with Crippen LogP contribution in [0.1, 0.15) is 42.4 Å². The van der Waals surface area contributed by atoms with Crippen LogP contribution in [0.4, 0.5) is 10.5 Å². The van der Waals surface area contributed by atoms with E-state index in [2.05, 4.69) is 45.9 Å². The number of thiophene rings is 1. The SMILES string of the molecule is Cc1cc(-c2ccc(N3CCNCC3)cc2)sc1C(=O)N1CC[C@H](NC(=O)OC(C)(C)C)C1. The van der Waals surface area contributed by atoms with Gasteiger partial charge in [-0.15, -0.1) is 11.3 Å². The molecular formula is C25H34N4O3S. The number of amides is 2. The standard InChI is InChI=1S/C25H34N4O3S/c1-17-15-21(18-5-7-20(8-6-18)28-13-10-26-11-14-28)33-22(17)23(30)29-12-9-19(16-29)27-24(31)32-25(2,3)4/h5-8,15,19,26H,9-14,16H2,1-4H3,(H,27,31)/t19-/m0/s1. The first kappa shape index (κ1) is 23.6. The number of hydrogen-bond donors (Lipinski definition) is 2. The Bertz CT molecular complexity index is 990. The highest BCUT2D eigenvalue weighted by Crippen LogP contribution is 2.33. The molecule has 178 valence electrons. The zero-order valence-electron chi connectivity index (χ0n) is 19.9. The number of nitrogens with zero attached hydrogens (tertiary/aromatic N) is 2. The van der Waals surface area contributed by atoms with E-state index in [4.69, 9.17) is 4.74 Å². The van der Waals surface area contributed by atoms with Gasteiger partial charge in [0.2, 0.25) is 0 Å². The van der Waals surface area contributed by atoms with Gasteiger partial charge in [0.15, 0.2) is 0 Å². The molecule has 2 N–H and O–H groups in total. The van der Waals surface area contributed by atoms with Crippen molar-refractivity contribution < 1.29 is 14.3 Å². The van der Waals surface area contributed by atoms with Crippen LogP contribution in [0.3, 0.4) is 0 Å². The second-order valence-electron chi connectivity index (χ2n) is 9.79. The van der Waals surface area contributed by atoms with Crippen molar-refractivity contribution in [3.8, 4) is 10.4 Å². The molecular weight excluding hydrogens is 436 g/mol. The summed E-state index contributed by atoms with van der Waals surface area (Å²) in [4.78, 5) is 31.4. The number of hydrogen-bond acceptors (Lipinski definition) is 6. The van der Waals surface area contributed by atoms with Crippen LogP contribution in [0.15, 0.2) is 30.3 Å². The highest BCUT2D eigenvalue weighted by molar-refractivity contribution is 7.17. The van der Waals surface area contributed by atoms with Gasteiger partial charge in [-0.3, -0.25) is 4.79 Å². The second kappa shape index (κ2) is 9.73. The first-order valence-electron chi connectivity index (χ1n) is 11.6. The number of alkyl carbamates (subject to hydrolysis) is 1. The predicted molar refractivity (Wildman–Crippen MR) is 133 cm³/mol. The smallest absolute Gasteiger partial charge is 0.407 e. The van der Waals surface area contributed by atoms with Crippen molar-refractivity contribution in [2.24, 2.45) is 0 Å². The van der Waals surface area contributed by atoms with Gasteiger partial charge >= 0.3 is 6.09 Å². The van der Waals surface area contributed by atoms with Crippen molar-refractivity contribution in [2.45, 2.75) is 45.8 Å². The summed E-state index contributed by atoms with van der Waals surface area (Å²) in [6.07, 6.45) is 0.302. The zero-order chi connectivity index (χ0) is 23.6. The van der Waals surface area contributed by atoms with Crippen LogP contribution >= 0.6 is 11.3 Å². The van der Waals surface area contributed by atoms with Gasteiger partial charge in [-0.05, 0) is 63.4 Å². The van der Waals surface area contributed by atoms with Crippen LogP contribution < -0.4 is 15.5 Å². The molecule has 2 saturated heterocycles. The molecule has 2 amide bonds. The molecule has 0 unspecified atom stereocenters. The summed E-state index contributed by atoms with van der Waals surface area (Å²) in [6, 6.07) is 10.7. The Kier molecular flexibility index (Phi) is 6.95. The lowest BCUT2D eigenvalue weighted by atomic mass is 10.1. The molecule has 1 aromatic carbocycles. The number of rotatable bonds is 4. The van der Waals surface area contributed by atoms with E-state index in [0.29, 0.717) is 13.1 Å². The average Bonchev–Trinajstić information content (AvgIpc) is 3.39. The molecule has 2 aliphatic heterocycles. The van der Waals surface area contributed by atoms with Crippen LogP contribution in [-0.4, -0.2) is 67.8 Å². The molecule has 3 heterocycles. The van der Waals surface area contributed by atoms with Crippen LogP contribution in [0.2, 0.25) is 0 Å². The fourth-order valence-electron chi connectivity index (χ4n) is 4.28. The molecule has 33 heavy (non-hydrogen) atoms. The van der Waals surface area contributed by atoms with Crippen molar-refractivity contribution in [3.05, 3.63) is 40.8 Å². The zero-order valence-corrected chi connectivity index (χ0v) is 20.8. The van der Waals surface area contributed by atoms with Gasteiger partial charge in [0.05, 0.1) is 10.9 Å². The average molecular weight is 471 g/mol. The van der Waals surface area contributed by atoms with Gasteiger partial charge in [-0.25, -0.2) is 4.79 Å². The van der Waals surface area contributed by atoms with Crippen molar-refractivity contribution in [3.63, 3.8) is 0 Å². The highest BCUT2D eigenvalue weighted by atomic mass is 32.1. The number of likely N-dealkylation sites (tertiary alicyclic amines) is 1. The Morgan fingerprint density at radius 3 is 2.48 bits per heavy atom. The molecule has 0 spiro atoms. The molecule has 0 aliphatic carbocycles. The van der Waals surface area contributed by atoms with Gasteiger partial charge < -0.3 is 25.2 Å². The Morgan fingerprint density at radius 1 is 1.12 bits per heavy atom. The van der Waals surface area contributed by atoms with E-state index in [1.54, 1.807) is 11.3 Å². The Labute approximate surface area is 200 Å². The summed E-state index contributed by atoms with van der Waals surface area (Å²) in [5, 5.41) is 6.27. The minimum absolute atomic E-state index is 0.0367. The molecule has 0 saturated carbocycles. The Balaban J connectivity index is 1.39. The van der Waals surface area contributed by atoms with Gasteiger partial charge in [-0.1, -0.05) is 12.1 Å². The summed E-state index contributed by atoms with van der Waals surface area (Å²) >= 11 is 1.55. The number of aryl methyl sites for hydroxylation is 1. The van der Waals surface area contributed by atoms with Crippen molar-refractivity contribution in [1.29, 1.82) is 0 Å². The number of benzene rings is 1. The molecule has 1 atom stereocenters. The summed E-state index contributed by atoms with van der Waals surface area (Å²) in [7, 11) is 0. The van der Waals surface area contributed by atoms with E-state index < -0.39 is 11.7 Å². The maximum Gasteiger partial charge on any atom is 0.407 e. The third kappa shape index (κ3) is 5.86. The summed E-state index contributed by atoms with van der Waals surface area (Å²) in [5.74, 6) is 0.0367. The summed E-state index contributed by atoms with van der Waals surface area (Å²) in [5.41, 5.74) is 2.83. The number of nitrogens with one attached hydrogen (secondary N) is 2. The fraction of sp³-hybridized carbons (Fsp3) is 0.520. The van der Waals surface area contributed by atoms with E-state index in [0.717, 1.165) is 53.5 Å². The number of carbonyl (C=O) groups is 2. The topological polar surface area (TPSA) is 73.9 Å². The minimum atomic E-state index is -0.536. The highest BCUT2D eigenvalue weighted by Gasteiger charge is 2.30. The Morgan fingerprint density at radius 2 is 1.82 bits per heavy atom. The fourth-order valence-corrected chi connectivity index (χ4v) is 5.42. The first-order chi connectivity index (χ1) is 15.7. The molecule has 1 aromatic heterocycles. The molecule has 0 bridgehead atoms. The molecule has 7 nitrogen and oxygen atoms in total. The third-order valence-electron chi connectivity index (χ3n) is 5.94. The lowest BCUT2D eigenvalue weighted by Gasteiger charge is -2.29. The van der Waals surface area contributed by atoms with Crippen molar-refractivity contribution in [2.75, 3.05) is 44.2 Å². The van der Waals surface area contributed by atoms with Crippen LogP contribution in [0.5, 0.6) is 0 Å². The van der Waals surface area contributed by atoms with E-state index in [1.165, 1.54) is 5.69 Å². The minimum Gasteiger partial charge on any atom is -0.444 e. The quantitative estimate of drug-likeness (QED) is 0.710. The molecule has 0 radical (unpaired) electrons. The number of piperazine rings is 1. The van der Waals surface area contributed by atoms with Crippen molar-refractivity contribution in [1.82, 2.24) is 15.5 Å². The Hall–Kier alpha value is -2.58. The monoisotopic (exact) mass is 470 g/mol.